The highest BCUT2D eigenvalue weighted by molar-refractivity contribution is 5.93. The standard InChI is InChI=1S/C38H50N6O10/c1-27-10-13-41-33(23-27)40-12-2-3-34(45)42-25-35(46)44-31(24-36(47)48)29-6-4-28(5-7-29)30-8-9-32(37-38(30)54-26-43-37)53-22-21-52-20-19-51-18-17-50-16-15-49-14-11-39/h4-10,13,23,26,31H,2-3,11-12,14-22,24-25,39H2,1H3,(H,40,41)(H,42,45)(H,44,46)(H,47,48)/t31-/m0/s1. The van der Waals surface area contributed by atoms with Gasteiger partial charge in [0.1, 0.15) is 18.2 Å². The molecule has 0 spiro atoms. The Morgan fingerprint density at radius 2 is 1.54 bits per heavy atom. The molecule has 0 fully saturated rings. The van der Waals surface area contributed by atoms with Crippen LogP contribution in [-0.2, 0) is 33.3 Å². The molecular formula is C38H50N6O10. The van der Waals surface area contributed by atoms with Crippen molar-refractivity contribution in [3.8, 4) is 16.9 Å². The molecule has 2 heterocycles. The third kappa shape index (κ3) is 14.7. The van der Waals surface area contributed by atoms with Gasteiger partial charge in [0.15, 0.2) is 17.5 Å². The van der Waals surface area contributed by atoms with E-state index in [4.69, 9.17) is 33.8 Å². The van der Waals surface area contributed by atoms with Crippen molar-refractivity contribution in [2.75, 3.05) is 84.4 Å². The monoisotopic (exact) mass is 750 g/mol. The minimum Gasteiger partial charge on any atom is -0.489 e. The number of carbonyl (C=O) groups is 3. The van der Waals surface area contributed by atoms with Crippen LogP contribution in [0.25, 0.3) is 22.2 Å². The molecule has 0 saturated heterocycles. The number of ether oxygens (including phenoxy) is 5. The second-order valence-corrected chi connectivity index (χ2v) is 12.1. The molecule has 0 aliphatic heterocycles. The number of fused-ring (bicyclic) bond motifs is 1. The largest absolute Gasteiger partial charge is 0.489 e. The average molecular weight is 751 g/mol. The van der Waals surface area contributed by atoms with Gasteiger partial charge in [-0.05, 0) is 54.3 Å². The summed E-state index contributed by atoms with van der Waals surface area (Å²) in [6.45, 7) is 6.70. The Hall–Kier alpha value is -5.13. The summed E-state index contributed by atoms with van der Waals surface area (Å²) in [7, 11) is 0. The van der Waals surface area contributed by atoms with E-state index < -0.39 is 17.9 Å². The number of amides is 2. The van der Waals surface area contributed by atoms with Crippen LogP contribution in [0, 0.1) is 6.92 Å². The Kier molecular flexibility index (Phi) is 18.1. The summed E-state index contributed by atoms with van der Waals surface area (Å²) in [6, 6.07) is 13.8. The molecule has 0 bridgehead atoms. The summed E-state index contributed by atoms with van der Waals surface area (Å²) < 4.78 is 33.4. The average Bonchev–Trinajstić information content (AvgIpc) is 3.66. The highest BCUT2D eigenvalue weighted by Gasteiger charge is 2.20. The zero-order valence-corrected chi connectivity index (χ0v) is 30.6. The van der Waals surface area contributed by atoms with Gasteiger partial charge in [0.05, 0.1) is 71.9 Å². The minimum absolute atomic E-state index is 0.216. The molecule has 4 aromatic rings. The van der Waals surface area contributed by atoms with Crippen molar-refractivity contribution in [1.82, 2.24) is 20.6 Å². The number of rotatable bonds is 27. The second-order valence-electron chi connectivity index (χ2n) is 12.1. The smallest absolute Gasteiger partial charge is 0.305 e. The lowest BCUT2D eigenvalue weighted by atomic mass is 9.98. The lowest BCUT2D eigenvalue weighted by Gasteiger charge is -2.18. The normalized spacial score (nSPS) is 11.7. The number of hydrogen-bond acceptors (Lipinski definition) is 13. The second kappa shape index (κ2) is 23.5. The fraction of sp³-hybridized carbons (Fsp3) is 0.447. The van der Waals surface area contributed by atoms with E-state index in [2.05, 4.69) is 25.9 Å². The van der Waals surface area contributed by atoms with Crippen LogP contribution in [0.15, 0.2) is 65.5 Å². The minimum atomic E-state index is -1.08. The van der Waals surface area contributed by atoms with E-state index in [1.54, 1.807) is 24.4 Å². The van der Waals surface area contributed by atoms with Gasteiger partial charge in [0.25, 0.3) is 0 Å². The molecule has 1 atom stereocenters. The van der Waals surface area contributed by atoms with E-state index in [-0.39, 0.29) is 25.3 Å². The maximum absolute atomic E-state index is 12.7. The molecule has 16 heteroatoms. The topological polar surface area (TPSA) is 219 Å². The molecule has 4 rings (SSSR count). The summed E-state index contributed by atoms with van der Waals surface area (Å²) in [4.78, 5) is 45.3. The summed E-state index contributed by atoms with van der Waals surface area (Å²) in [5.41, 5.74) is 9.65. The van der Waals surface area contributed by atoms with Crippen LogP contribution in [0.1, 0.15) is 36.4 Å². The number of carbonyl (C=O) groups excluding carboxylic acids is 2. The van der Waals surface area contributed by atoms with Crippen LogP contribution in [0.3, 0.4) is 0 Å². The summed E-state index contributed by atoms with van der Waals surface area (Å²) in [5.74, 6) is -0.589. The lowest BCUT2D eigenvalue weighted by molar-refractivity contribution is -0.138. The van der Waals surface area contributed by atoms with Gasteiger partial charge in [-0.1, -0.05) is 24.3 Å². The van der Waals surface area contributed by atoms with Crippen molar-refractivity contribution >= 4 is 34.7 Å². The number of carboxylic acids is 1. The summed E-state index contributed by atoms with van der Waals surface area (Å²) >= 11 is 0. The van der Waals surface area contributed by atoms with Crippen LogP contribution in [-0.4, -0.2) is 112 Å². The molecule has 6 N–H and O–H groups in total. The quantitative estimate of drug-likeness (QED) is 0.0553. The Balaban J connectivity index is 1.19. The zero-order valence-electron chi connectivity index (χ0n) is 30.6. The number of hydrogen-bond donors (Lipinski definition) is 5. The predicted octanol–water partition coefficient (Wildman–Crippen LogP) is 3.24. The Morgan fingerprint density at radius 1 is 0.852 bits per heavy atom. The third-order valence-electron chi connectivity index (χ3n) is 7.90. The number of anilines is 1. The van der Waals surface area contributed by atoms with Crippen LogP contribution in [0.4, 0.5) is 5.82 Å². The van der Waals surface area contributed by atoms with Gasteiger partial charge in [-0.2, -0.15) is 0 Å². The Morgan fingerprint density at radius 3 is 2.20 bits per heavy atom. The van der Waals surface area contributed by atoms with Crippen LogP contribution in [0.2, 0.25) is 0 Å². The van der Waals surface area contributed by atoms with Crippen molar-refractivity contribution in [1.29, 1.82) is 0 Å². The van der Waals surface area contributed by atoms with E-state index in [9.17, 15) is 19.5 Å². The highest BCUT2D eigenvalue weighted by Crippen LogP contribution is 2.34. The van der Waals surface area contributed by atoms with Crippen LogP contribution in [0.5, 0.6) is 5.75 Å². The molecule has 0 radical (unpaired) electrons. The van der Waals surface area contributed by atoms with Gasteiger partial charge in [0.2, 0.25) is 11.8 Å². The van der Waals surface area contributed by atoms with E-state index in [0.717, 1.165) is 22.5 Å². The molecule has 16 nitrogen and oxygen atoms in total. The molecule has 54 heavy (non-hydrogen) atoms. The van der Waals surface area contributed by atoms with Crippen LogP contribution >= 0.6 is 0 Å². The van der Waals surface area contributed by atoms with Crippen molar-refractivity contribution in [3.05, 3.63) is 72.2 Å². The first-order valence-corrected chi connectivity index (χ1v) is 17.9. The Labute approximate surface area is 314 Å². The van der Waals surface area contributed by atoms with Gasteiger partial charge in [-0.3, -0.25) is 14.4 Å². The van der Waals surface area contributed by atoms with Gasteiger partial charge in [-0.15, -0.1) is 0 Å². The van der Waals surface area contributed by atoms with Crippen molar-refractivity contribution in [2.24, 2.45) is 5.73 Å². The maximum Gasteiger partial charge on any atom is 0.305 e. The first-order valence-electron chi connectivity index (χ1n) is 17.9. The number of aryl methyl sites for hydroxylation is 1. The van der Waals surface area contributed by atoms with Gasteiger partial charge >= 0.3 is 5.97 Å². The Bertz CT molecular complexity index is 1740. The number of nitrogens with one attached hydrogen (secondary N) is 3. The van der Waals surface area contributed by atoms with E-state index in [0.29, 0.717) is 101 Å². The van der Waals surface area contributed by atoms with Crippen molar-refractivity contribution in [3.63, 3.8) is 0 Å². The van der Waals surface area contributed by atoms with Gasteiger partial charge < -0.3 is 54.9 Å². The highest BCUT2D eigenvalue weighted by atomic mass is 16.6. The molecule has 292 valence electrons. The summed E-state index contributed by atoms with van der Waals surface area (Å²) in [6.07, 6.45) is 3.48. The van der Waals surface area contributed by atoms with E-state index in [1.165, 1.54) is 6.39 Å². The molecule has 2 aromatic heterocycles. The van der Waals surface area contributed by atoms with Gasteiger partial charge in [-0.25, -0.2) is 9.97 Å². The molecule has 0 aliphatic carbocycles. The fourth-order valence-corrected chi connectivity index (χ4v) is 5.26. The van der Waals surface area contributed by atoms with Gasteiger partial charge in [0, 0.05) is 31.3 Å². The molecule has 0 unspecified atom stereocenters. The number of aromatic nitrogens is 2. The van der Waals surface area contributed by atoms with Crippen LogP contribution < -0.4 is 26.4 Å². The summed E-state index contributed by atoms with van der Waals surface area (Å²) in [5, 5.41) is 18.0. The SMILES string of the molecule is Cc1ccnc(NCCCC(=O)NCC(=O)N[C@@H](CC(=O)O)c2ccc(-c3ccc(OCCOCCOCCOCCOCCN)c4ncoc34)cc2)c1. The number of oxazole rings is 1. The third-order valence-corrected chi connectivity index (χ3v) is 7.90. The number of pyridine rings is 1. The molecule has 0 saturated carbocycles. The van der Waals surface area contributed by atoms with E-state index in [1.807, 2.05) is 37.3 Å². The first kappa shape index (κ1) is 41.6. The number of benzene rings is 2. The maximum atomic E-state index is 12.7. The molecule has 0 aliphatic rings. The number of carboxylic acid groups (broad SMARTS) is 1. The molecular weight excluding hydrogens is 700 g/mol. The first-order chi connectivity index (χ1) is 26.3. The van der Waals surface area contributed by atoms with E-state index >= 15 is 0 Å². The van der Waals surface area contributed by atoms with Crippen molar-refractivity contribution in [2.45, 2.75) is 32.2 Å². The zero-order chi connectivity index (χ0) is 38.4. The number of nitrogens with zero attached hydrogens (tertiary/aromatic N) is 2. The lowest BCUT2D eigenvalue weighted by Crippen LogP contribution is -2.39. The fourth-order valence-electron chi connectivity index (χ4n) is 5.26. The number of nitrogens with two attached hydrogens (primary N) is 1. The molecule has 2 amide bonds. The van der Waals surface area contributed by atoms with Crippen molar-refractivity contribution < 1.29 is 47.6 Å². The number of aliphatic carboxylic acids is 1. The predicted molar refractivity (Wildman–Crippen MR) is 200 cm³/mol. The molecule has 2 aromatic carbocycles.